The summed E-state index contributed by atoms with van der Waals surface area (Å²) in [6.45, 7) is 5.12. The van der Waals surface area contributed by atoms with Gasteiger partial charge in [-0.15, -0.1) is 0 Å². The van der Waals surface area contributed by atoms with Crippen LogP contribution in [0.1, 0.15) is 25.5 Å². The Bertz CT molecular complexity index is 566. The van der Waals surface area contributed by atoms with Crippen molar-refractivity contribution >= 4 is 0 Å². The average molecular weight is 273 g/mol. The van der Waals surface area contributed by atoms with Crippen LogP contribution in [0.15, 0.2) is 42.5 Å². The SMILES string of the molecule is CCNC(C)c1ccc(-c2cccc(OC)c2F)cc1. The Hall–Kier alpha value is -1.87. The third-order valence-corrected chi connectivity index (χ3v) is 3.42. The van der Waals surface area contributed by atoms with Crippen LogP contribution >= 0.6 is 0 Å². The maximum absolute atomic E-state index is 14.2. The third kappa shape index (κ3) is 2.99. The van der Waals surface area contributed by atoms with Gasteiger partial charge in [0.25, 0.3) is 0 Å². The molecule has 0 amide bonds. The molecule has 0 saturated heterocycles. The number of rotatable bonds is 5. The van der Waals surface area contributed by atoms with Crippen LogP contribution in [0.3, 0.4) is 0 Å². The van der Waals surface area contributed by atoms with E-state index in [1.807, 2.05) is 24.3 Å². The zero-order valence-corrected chi connectivity index (χ0v) is 12.1. The molecule has 3 heteroatoms. The summed E-state index contributed by atoms with van der Waals surface area (Å²) in [5.74, 6) is -0.0462. The highest BCUT2D eigenvalue weighted by Crippen LogP contribution is 2.29. The van der Waals surface area contributed by atoms with Crippen molar-refractivity contribution in [3.05, 3.63) is 53.8 Å². The molecule has 2 nitrogen and oxygen atoms in total. The first-order valence-electron chi connectivity index (χ1n) is 6.83. The second-order valence-electron chi connectivity index (χ2n) is 4.72. The van der Waals surface area contributed by atoms with Crippen LogP contribution in [0.25, 0.3) is 11.1 Å². The number of ether oxygens (including phenoxy) is 1. The average Bonchev–Trinajstić information content (AvgIpc) is 2.48. The normalized spacial score (nSPS) is 12.2. The van der Waals surface area contributed by atoms with Crippen molar-refractivity contribution in [1.29, 1.82) is 0 Å². The van der Waals surface area contributed by atoms with E-state index in [2.05, 4.69) is 19.2 Å². The number of methoxy groups -OCH3 is 1. The number of hydrogen-bond donors (Lipinski definition) is 1. The minimum atomic E-state index is -0.317. The number of hydrogen-bond acceptors (Lipinski definition) is 2. The molecular weight excluding hydrogens is 253 g/mol. The van der Waals surface area contributed by atoms with E-state index in [9.17, 15) is 4.39 Å². The van der Waals surface area contributed by atoms with E-state index >= 15 is 0 Å². The zero-order valence-electron chi connectivity index (χ0n) is 12.1. The fourth-order valence-corrected chi connectivity index (χ4v) is 2.27. The van der Waals surface area contributed by atoms with E-state index in [-0.39, 0.29) is 11.6 Å². The summed E-state index contributed by atoms with van der Waals surface area (Å²) in [5.41, 5.74) is 2.61. The molecule has 0 aromatic heterocycles. The van der Waals surface area contributed by atoms with Crippen LogP contribution in [-0.2, 0) is 0 Å². The maximum Gasteiger partial charge on any atom is 0.172 e. The molecule has 0 radical (unpaired) electrons. The Morgan fingerprint density at radius 1 is 1.15 bits per heavy atom. The zero-order chi connectivity index (χ0) is 14.5. The molecule has 2 aromatic rings. The van der Waals surface area contributed by atoms with Crippen molar-refractivity contribution in [2.75, 3.05) is 13.7 Å². The van der Waals surface area contributed by atoms with E-state index in [1.54, 1.807) is 18.2 Å². The van der Waals surface area contributed by atoms with Crippen molar-refractivity contribution in [3.8, 4) is 16.9 Å². The lowest BCUT2D eigenvalue weighted by molar-refractivity contribution is 0.387. The van der Waals surface area contributed by atoms with Gasteiger partial charge in [-0.25, -0.2) is 4.39 Å². The molecule has 0 spiro atoms. The molecule has 0 aliphatic heterocycles. The Kier molecular flexibility index (Phi) is 4.74. The molecule has 1 unspecified atom stereocenters. The molecule has 0 fully saturated rings. The lowest BCUT2D eigenvalue weighted by Crippen LogP contribution is -2.17. The highest BCUT2D eigenvalue weighted by Gasteiger charge is 2.11. The minimum Gasteiger partial charge on any atom is -0.494 e. The summed E-state index contributed by atoms with van der Waals surface area (Å²) in [6, 6.07) is 13.4. The quantitative estimate of drug-likeness (QED) is 0.882. The molecule has 20 heavy (non-hydrogen) atoms. The minimum absolute atomic E-state index is 0.271. The molecule has 0 aliphatic rings. The first-order chi connectivity index (χ1) is 9.67. The summed E-state index contributed by atoms with van der Waals surface area (Å²) >= 11 is 0. The molecule has 0 bridgehead atoms. The molecule has 0 saturated carbocycles. The van der Waals surface area contributed by atoms with Gasteiger partial charge in [-0.1, -0.05) is 43.3 Å². The van der Waals surface area contributed by atoms with E-state index in [0.29, 0.717) is 11.6 Å². The Labute approximate surface area is 119 Å². The van der Waals surface area contributed by atoms with Gasteiger partial charge in [0.2, 0.25) is 0 Å². The number of benzene rings is 2. The van der Waals surface area contributed by atoms with E-state index in [4.69, 9.17) is 4.74 Å². The van der Waals surface area contributed by atoms with Gasteiger partial charge in [0.05, 0.1) is 7.11 Å². The molecule has 0 heterocycles. The Morgan fingerprint density at radius 3 is 2.45 bits per heavy atom. The maximum atomic E-state index is 14.2. The molecule has 106 valence electrons. The smallest absolute Gasteiger partial charge is 0.172 e. The number of nitrogens with one attached hydrogen (secondary N) is 1. The van der Waals surface area contributed by atoms with Gasteiger partial charge in [0.15, 0.2) is 11.6 Å². The van der Waals surface area contributed by atoms with Crippen molar-refractivity contribution in [3.63, 3.8) is 0 Å². The van der Waals surface area contributed by atoms with Crippen LogP contribution < -0.4 is 10.1 Å². The van der Waals surface area contributed by atoms with Crippen LogP contribution in [0.4, 0.5) is 4.39 Å². The van der Waals surface area contributed by atoms with Crippen molar-refractivity contribution in [2.45, 2.75) is 19.9 Å². The third-order valence-electron chi connectivity index (χ3n) is 3.42. The fraction of sp³-hybridized carbons (Fsp3) is 0.294. The van der Waals surface area contributed by atoms with Gasteiger partial charge in [0.1, 0.15) is 0 Å². The van der Waals surface area contributed by atoms with Crippen molar-refractivity contribution in [2.24, 2.45) is 0 Å². The highest BCUT2D eigenvalue weighted by molar-refractivity contribution is 5.66. The predicted octanol–water partition coefficient (Wildman–Crippen LogP) is 4.17. The van der Waals surface area contributed by atoms with E-state index < -0.39 is 0 Å². The summed E-state index contributed by atoms with van der Waals surface area (Å²) < 4.78 is 19.2. The van der Waals surface area contributed by atoms with E-state index in [0.717, 1.165) is 12.1 Å². The lowest BCUT2D eigenvalue weighted by atomic mass is 10.0. The molecular formula is C17H20FNO. The van der Waals surface area contributed by atoms with Crippen LogP contribution in [-0.4, -0.2) is 13.7 Å². The van der Waals surface area contributed by atoms with Gasteiger partial charge in [-0.2, -0.15) is 0 Å². The van der Waals surface area contributed by atoms with Crippen LogP contribution in [0.5, 0.6) is 5.75 Å². The fourth-order valence-electron chi connectivity index (χ4n) is 2.27. The molecule has 2 aromatic carbocycles. The van der Waals surface area contributed by atoms with Gasteiger partial charge in [-0.3, -0.25) is 0 Å². The Morgan fingerprint density at radius 2 is 1.85 bits per heavy atom. The first kappa shape index (κ1) is 14.5. The van der Waals surface area contributed by atoms with E-state index in [1.165, 1.54) is 12.7 Å². The summed E-state index contributed by atoms with van der Waals surface area (Å²) in [7, 11) is 1.48. The Balaban J connectivity index is 2.31. The van der Waals surface area contributed by atoms with Crippen LogP contribution in [0.2, 0.25) is 0 Å². The van der Waals surface area contributed by atoms with Gasteiger partial charge >= 0.3 is 0 Å². The molecule has 1 N–H and O–H groups in total. The second kappa shape index (κ2) is 6.53. The monoisotopic (exact) mass is 273 g/mol. The van der Waals surface area contributed by atoms with Crippen molar-refractivity contribution in [1.82, 2.24) is 5.32 Å². The summed E-state index contributed by atoms with van der Waals surface area (Å²) in [4.78, 5) is 0. The van der Waals surface area contributed by atoms with Gasteiger partial charge in [-0.05, 0) is 30.7 Å². The highest BCUT2D eigenvalue weighted by atomic mass is 19.1. The van der Waals surface area contributed by atoms with Gasteiger partial charge < -0.3 is 10.1 Å². The molecule has 0 aliphatic carbocycles. The topological polar surface area (TPSA) is 21.3 Å². The predicted molar refractivity (Wildman–Crippen MR) is 80.5 cm³/mol. The van der Waals surface area contributed by atoms with Crippen molar-refractivity contribution < 1.29 is 9.13 Å². The first-order valence-corrected chi connectivity index (χ1v) is 6.83. The van der Waals surface area contributed by atoms with Gasteiger partial charge in [0, 0.05) is 11.6 Å². The van der Waals surface area contributed by atoms with Crippen LogP contribution in [0, 0.1) is 5.82 Å². The summed E-state index contributed by atoms with van der Waals surface area (Å²) in [6.07, 6.45) is 0. The number of halogens is 1. The standard InChI is InChI=1S/C17H20FNO/c1-4-19-12(2)13-8-10-14(11-9-13)15-6-5-7-16(20-3)17(15)18/h5-12,19H,4H2,1-3H3. The molecule has 2 rings (SSSR count). The second-order valence-corrected chi connectivity index (χ2v) is 4.72. The summed E-state index contributed by atoms with van der Waals surface area (Å²) in [5, 5.41) is 3.36. The molecule has 1 atom stereocenters. The lowest BCUT2D eigenvalue weighted by Gasteiger charge is -2.13. The largest absolute Gasteiger partial charge is 0.494 e.